The van der Waals surface area contributed by atoms with Crippen molar-refractivity contribution in [2.75, 3.05) is 6.54 Å². The van der Waals surface area contributed by atoms with Crippen LogP contribution in [0.15, 0.2) is 53.6 Å². The SMILES string of the molecule is O=C(Cn1cccnc1=O)N(CCc1ccccc1)C1CCCC1. The van der Waals surface area contributed by atoms with Crippen molar-refractivity contribution in [3.05, 3.63) is 64.8 Å². The van der Waals surface area contributed by atoms with Gasteiger partial charge in [0.1, 0.15) is 6.54 Å². The van der Waals surface area contributed by atoms with Crippen LogP contribution in [0.4, 0.5) is 0 Å². The van der Waals surface area contributed by atoms with Gasteiger partial charge in [-0.05, 0) is 30.9 Å². The highest BCUT2D eigenvalue weighted by atomic mass is 16.2. The van der Waals surface area contributed by atoms with Crippen molar-refractivity contribution >= 4 is 5.91 Å². The van der Waals surface area contributed by atoms with Crippen LogP contribution in [-0.4, -0.2) is 32.9 Å². The third-order valence-electron chi connectivity index (χ3n) is 4.66. The second-order valence-corrected chi connectivity index (χ2v) is 6.29. The molecule has 1 aliphatic rings. The van der Waals surface area contributed by atoms with Gasteiger partial charge in [-0.3, -0.25) is 9.36 Å². The minimum atomic E-state index is -0.375. The fourth-order valence-corrected chi connectivity index (χ4v) is 3.37. The molecule has 5 nitrogen and oxygen atoms in total. The molecule has 1 fully saturated rings. The Morgan fingerprint density at radius 3 is 2.62 bits per heavy atom. The molecule has 5 heteroatoms. The number of amides is 1. The molecule has 126 valence electrons. The van der Waals surface area contributed by atoms with Gasteiger partial charge >= 0.3 is 5.69 Å². The summed E-state index contributed by atoms with van der Waals surface area (Å²) in [5.41, 5.74) is 0.854. The standard InChI is InChI=1S/C19H23N3O2/c23-18(15-21-13-6-12-20-19(21)24)22(17-9-4-5-10-17)14-11-16-7-2-1-3-8-16/h1-3,6-8,12-13,17H,4-5,9-11,14-15H2. The lowest BCUT2D eigenvalue weighted by molar-refractivity contribution is -0.134. The molecule has 1 saturated carbocycles. The first kappa shape index (κ1) is 16.4. The molecule has 3 rings (SSSR count). The third kappa shape index (κ3) is 4.10. The molecule has 1 aromatic carbocycles. The van der Waals surface area contributed by atoms with Crippen molar-refractivity contribution < 1.29 is 4.79 Å². The van der Waals surface area contributed by atoms with Crippen molar-refractivity contribution in [1.29, 1.82) is 0 Å². The van der Waals surface area contributed by atoms with Gasteiger partial charge in [0.25, 0.3) is 0 Å². The maximum Gasteiger partial charge on any atom is 0.347 e. The van der Waals surface area contributed by atoms with E-state index in [1.165, 1.54) is 29.2 Å². The van der Waals surface area contributed by atoms with Crippen LogP contribution in [0.1, 0.15) is 31.2 Å². The summed E-state index contributed by atoms with van der Waals surface area (Å²) in [7, 11) is 0. The van der Waals surface area contributed by atoms with Crippen molar-refractivity contribution in [3.63, 3.8) is 0 Å². The van der Waals surface area contributed by atoms with Crippen molar-refractivity contribution in [1.82, 2.24) is 14.5 Å². The van der Waals surface area contributed by atoms with E-state index in [1.54, 1.807) is 12.3 Å². The average Bonchev–Trinajstić information content (AvgIpc) is 3.12. The van der Waals surface area contributed by atoms with Crippen LogP contribution in [0.25, 0.3) is 0 Å². The lowest BCUT2D eigenvalue weighted by Gasteiger charge is -2.29. The molecule has 0 bridgehead atoms. The van der Waals surface area contributed by atoms with Crippen LogP contribution in [0.5, 0.6) is 0 Å². The molecule has 1 aromatic heterocycles. The molecule has 1 heterocycles. The largest absolute Gasteiger partial charge is 0.347 e. The van der Waals surface area contributed by atoms with E-state index in [1.807, 2.05) is 23.1 Å². The molecule has 0 spiro atoms. The second-order valence-electron chi connectivity index (χ2n) is 6.29. The number of aromatic nitrogens is 2. The van der Waals surface area contributed by atoms with Crippen LogP contribution in [-0.2, 0) is 17.8 Å². The summed E-state index contributed by atoms with van der Waals surface area (Å²) in [6.07, 6.45) is 8.37. The van der Waals surface area contributed by atoms with E-state index in [0.717, 1.165) is 19.3 Å². The Balaban J connectivity index is 1.70. The number of carbonyl (C=O) groups excluding carboxylic acids is 1. The zero-order valence-electron chi connectivity index (χ0n) is 13.8. The van der Waals surface area contributed by atoms with E-state index < -0.39 is 0 Å². The van der Waals surface area contributed by atoms with Gasteiger partial charge in [0.15, 0.2) is 0 Å². The lowest BCUT2D eigenvalue weighted by Crippen LogP contribution is -2.43. The maximum atomic E-state index is 12.8. The number of hydrogen-bond acceptors (Lipinski definition) is 3. The van der Waals surface area contributed by atoms with Gasteiger partial charge in [-0.1, -0.05) is 43.2 Å². The predicted molar refractivity (Wildman–Crippen MR) is 92.6 cm³/mol. The van der Waals surface area contributed by atoms with Gasteiger partial charge in [-0.2, -0.15) is 0 Å². The minimum absolute atomic E-state index is 0.00734. The highest BCUT2D eigenvalue weighted by molar-refractivity contribution is 5.76. The van der Waals surface area contributed by atoms with Crippen LogP contribution < -0.4 is 5.69 Å². The Kier molecular flexibility index (Phi) is 5.41. The molecule has 0 N–H and O–H groups in total. The van der Waals surface area contributed by atoms with Gasteiger partial charge in [-0.15, -0.1) is 0 Å². The zero-order chi connectivity index (χ0) is 16.8. The number of hydrogen-bond donors (Lipinski definition) is 0. The van der Waals surface area contributed by atoms with Gasteiger partial charge in [0.05, 0.1) is 0 Å². The van der Waals surface area contributed by atoms with Gasteiger partial charge in [-0.25, -0.2) is 9.78 Å². The first-order valence-corrected chi connectivity index (χ1v) is 8.59. The molecular formula is C19H23N3O2. The minimum Gasteiger partial charge on any atom is -0.338 e. The normalized spacial score (nSPS) is 14.7. The first-order valence-electron chi connectivity index (χ1n) is 8.59. The summed E-state index contributed by atoms with van der Waals surface area (Å²) >= 11 is 0. The molecule has 0 aliphatic heterocycles. The molecule has 0 atom stereocenters. The molecule has 0 radical (unpaired) electrons. The Hall–Kier alpha value is -2.43. The average molecular weight is 325 g/mol. The van der Waals surface area contributed by atoms with Crippen LogP contribution in [0, 0.1) is 0 Å². The lowest BCUT2D eigenvalue weighted by atomic mass is 10.1. The number of rotatable bonds is 6. The van der Waals surface area contributed by atoms with Crippen molar-refractivity contribution in [2.45, 2.75) is 44.7 Å². The molecule has 0 saturated heterocycles. The molecule has 2 aromatic rings. The van der Waals surface area contributed by atoms with Crippen LogP contribution >= 0.6 is 0 Å². The number of nitrogens with zero attached hydrogens (tertiary/aromatic N) is 3. The molecule has 1 aliphatic carbocycles. The third-order valence-corrected chi connectivity index (χ3v) is 4.66. The van der Waals surface area contributed by atoms with E-state index in [0.29, 0.717) is 12.6 Å². The fraction of sp³-hybridized carbons (Fsp3) is 0.421. The Labute approximate surface area is 141 Å². The maximum absolute atomic E-state index is 12.8. The summed E-state index contributed by atoms with van der Waals surface area (Å²) in [6, 6.07) is 12.2. The second kappa shape index (κ2) is 7.90. The number of benzene rings is 1. The Morgan fingerprint density at radius 2 is 1.92 bits per heavy atom. The summed E-state index contributed by atoms with van der Waals surface area (Å²) in [5.74, 6) is 0.00734. The van der Waals surface area contributed by atoms with E-state index >= 15 is 0 Å². The first-order chi connectivity index (χ1) is 11.7. The molecule has 24 heavy (non-hydrogen) atoms. The highest BCUT2D eigenvalue weighted by Crippen LogP contribution is 2.24. The van der Waals surface area contributed by atoms with E-state index in [4.69, 9.17) is 0 Å². The van der Waals surface area contributed by atoms with Gasteiger partial charge < -0.3 is 4.90 Å². The van der Waals surface area contributed by atoms with Crippen LogP contribution in [0.3, 0.4) is 0 Å². The number of carbonyl (C=O) groups is 1. The summed E-state index contributed by atoms with van der Waals surface area (Å²) in [5, 5.41) is 0. The van der Waals surface area contributed by atoms with Crippen LogP contribution in [0.2, 0.25) is 0 Å². The van der Waals surface area contributed by atoms with Gasteiger partial charge in [0.2, 0.25) is 5.91 Å². The molecule has 0 unspecified atom stereocenters. The fourth-order valence-electron chi connectivity index (χ4n) is 3.37. The summed E-state index contributed by atoms with van der Waals surface area (Å²) in [6.45, 7) is 0.764. The highest BCUT2D eigenvalue weighted by Gasteiger charge is 2.26. The monoisotopic (exact) mass is 325 g/mol. The summed E-state index contributed by atoms with van der Waals surface area (Å²) in [4.78, 5) is 30.3. The predicted octanol–water partition coefficient (Wildman–Crippen LogP) is 2.26. The smallest absolute Gasteiger partial charge is 0.338 e. The zero-order valence-corrected chi connectivity index (χ0v) is 13.8. The Bertz CT molecular complexity index is 721. The molecular weight excluding hydrogens is 302 g/mol. The van der Waals surface area contributed by atoms with Crippen molar-refractivity contribution in [3.8, 4) is 0 Å². The van der Waals surface area contributed by atoms with E-state index in [-0.39, 0.29) is 18.1 Å². The van der Waals surface area contributed by atoms with E-state index in [2.05, 4.69) is 17.1 Å². The topological polar surface area (TPSA) is 55.2 Å². The van der Waals surface area contributed by atoms with E-state index in [9.17, 15) is 9.59 Å². The quantitative estimate of drug-likeness (QED) is 0.818. The van der Waals surface area contributed by atoms with Gasteiger partial charge in [0, 0.05) is 25.0 Å². The summed E-state index contributed by atoms with van der Waals surface area (Å²) < 4.78 is 1.38. The molecule has 1 amide bonds. The van der Waals surface area contributed by atoms with Crippen molar-refractivity contribution in [2.24, 2.45) is 0 Å². The Morgan fingerprint density at radius 1 is 1.17 bits per heavy atom.